The minimum atomic E-state index is -0.356. The fourth-order valence-electron chi connectivity index (χ4n) is 3.61. The van der Waals surface area contributed by atoms with Crippen LogP contribution in [0.1, 0.15) is 23.1 Å². The Balaban J connectivity index is 2.07. The summed E-state index contributed by atoms with van der Waals surface area (Å²) in [4.78, 5) is 27.8. The van der Waals surface area contributed by atoms with Crippen molar-refractivity contribution < 1.29 is 23.8 Å². The van der Waals surface area contributed by atoms with E-state index >= 15 is 0 Å². The number of imide groups is 1. The quantitative estimate of drug-likeness (QED) is 0.490. The van der Waals surface area contributed by atoms with Gasteiger partial charge >= 0.3 is 0 Å². The molecule has 2 amide bonds. The van der Waals surface area contributed by atoms with E-state index in [1.807, 2.05) is 32.0 Å². The third-order valence-electron chi connectivity index (χ3n) is 5.21. The van der Waals surface area contributed by atoms with Crippen molar-refractivity contribution in [3.05, 3.63) is 58.8 Å². The molecule has 0 aliphatic carbocycles. The van der Waals surface area contributed by atoms with Crippen LogP contribution in [0.5, 0.6) is 11.5 Å². The minimum Gasteiger partial charge on any atom is -0.493 e. The van der Waals surface area contributed by atoms with Gasteiger partial charge in [0.05, 0.1) is 19.8 Å². The first-order valence-electron chi connectivity index (χ1n) is 10.1. The van der Waals surface area contributed by atoms with Gasteiger partial charge in [0.2, 0.25) is 0 Å². The molecule has 0 spiro atoms. The van der Waals surface area contributed by atoms with Crippen molar-refractivity contribution in [2.24, 2.45) is 0 Å². The lowest BCUT2D eigenvalue weighted by molar-refractivity contribution is -0.136. The van der Waals surface area contributed by atoms with Gasteiger partial charge in [-0.05, 0) is 49.6 Å². The monoisotopic (exact) mass is 424 g/mol. The number of hydrogen-bond acceptors (Lipinski definition) is 6. The number of anilines is 1. The molecule has 0 fully saturated rings. The Morgan fingerprint density at radius 2 is 1.65 bits per heavy atom. The number of methoxy groups -OCH3 is 3. The number of amides is 2. The van der Waals surface area contributed by atoms with Crippen LogP contribution in [0, 0.1) is 13.8 Å². The summed E-state index contributed by atoms with van der Waals surface area (Å²) in [5.74, 6) is 0.326. The molecule has 0 radical (unpaired) electrons. The molecule has 7 nitrogen and oxygen atoms in total. The maximum atomic E-state index is 13.3. The molecule has 0 aromatic heterocycles. The number of hydrogen-bond donors (Lipinski definition) is 1. The van der Waals surface area contributed by atoms with Crippen molar-refractivity contribution in [3.8, 4) is 11.5 Å². The summed E-state index contributed by atoms with van der Waals surface area (Å²) < 4.78 is 15.8. The zero-order valence-corrected chi connectivity index (χ0v) is 18.6. The number of nitrogens with one attached hydrogen (secondary N) is 1. The molecular weight excluding hydrogens is 396 g/mol. The predicted octanol–water partition coefficient (Wildman–Crippen LogP) is 3.55. The van der Waals surface area contributed by atoms with E-state index in [0.29, 0.717) is 35.7 Å². The number of carbonyl (C=O) groups excluding carboxylic acids is 2. The molecule has 0 bridgehead atoms. The molecule has 0 atom stereocenters. The fourth-order valence-corrected chi connectivity index (χ4v) is 3.61. The number of nitrogens with zero attached hydrogens (tertiary/aromatic N) is 1. The van der Waals surface area contributed by atoms with Gasteiger partial charge in [0.15, 0.2) is 11.5 Å². The van der Waals surface area contributed by atoms with Crippen molar-refractivity contribution >= 4 is 23.1 Å². The Bertz CT molecular complexity index is 1030. The van der Waals surface area contributed by atoms with Crippen LogP contribution in [0.4, 0.5) is 5.69 Å². The molecule has 7 heteroatoms. The number of aryl methyl sites for hydroxylation is 2. The first-order valence-corrected chi connectivity index (χ1v) is 10.1. The van der Waals surface area contributed by atoms with Crippen molar-refractivity contribution in [1.82, 2.24) is 4.90 Å². The SMILES string of the molecule is COCCCN1C(=O)C(Nc2ccc(C)cc2C)=C(c2ccc(OC)c(OC)c2)C1=O. The van der Waals surface area contributed by atoms with Crippen LogP contribution >= 0.6 is 0 Å². The molecule has 1 aliphatic heterocycles. The van der Waals surface area contributed by atoms with Crippen LogP contribution in [0.3, 0.4) is 0 Å². The van der Waals surface area contributed by atoms with Crippen molar-refractivity contribution in [2.45, 2.75) is 20.3 Å². The van der Waals surface area contributed by atoms with Gasteiger partial charge in [-0.15, -0.1) is 0 Å². The average molecular weight is 424 g/mol. The summed E-state index contributed by atoms with van der Waals surface area (Å²) >= 11 is 0. The topological polar surface area (TPSA) is 77.1 Å². The molecule has 31 heavy (non-hydrogen) atoms. The number of benzene rings is 2. The van der Waals surface area contributed by atoms with Gasteiger partial charge < -0.3 is 19.5 Å². The van der Waals surface area contributed by atoms with E-state index in [1.54, 1.807) is 32.4 Å². The summed E-state index contributed by atoms with van der Waals surface area (Å²) in [6.07, 6.45) is 0.560. The molecule has 0 unspecified atom stereocenters. The van der Waals surface area contributed by atoms with Crippen LogP contribution in [-0.2, 0) is 14.3 Å². The highest BCUT2D eigenvalue weighted by atomic mass is 16.5. The molecule has 1 heterocycles. The highest BCUT2D eigenvalue weighted by Gasteiger charge is 2.39. The van der Waals surface area contributed by atoms with E-state index in [0.717, 1.165) is 16.8 Å². The molecular formula is C24H28N2O5. The molecule has 1 N–H and O–H groups in total. The molecule has 2 aromatic carbocycles. The Morgan fingerprint density at radius 1 is 0.903 bits per heavy atom. The molecule has 3 rings (SSSR count). The Labute approximate surface area is 182 Å². The lowest BCUT2D eigenvalue weighted by atomic mass is 10.0. The molecule has 164 valence electrons. The smallest absolute Gasteiger partial charge is 0.278 e. The zero-order valence-electron chi connectivity index (χ0n) is 18.6. The summed E-state index contributed by atoms with van der Waals surface area (Å²) in [7, 11) is 4.67. The van der Waals surface area contributed by atoms with Crippen molar-refractivity contribution in [1.29, 1.82) is 0 Å². The summed E-state index contributed by atoms with van der Waals surface area (Å²) in [5, 5.41) is 3.22. The van der Waals surface area contributed by atoms with E-state index in [2.05, 4.69) is 5.32 Å². The molecule has 0 saturated carbocycles. The number of rotatable bonds is 9. The van der Waals surface area contributed by atoms with Crippen LogP contribution in [0.15, 0.2) is 42.1 Å². The summed E-state index contributed by atoms with van der Waals surface area (Å²) in [6.45, 7) is 4.71. The second kappa shape index (κ2) is 9.66. The Hall–Kier alpha value is -3.32. The van der Waals surface area contributed by atoms with Gasteiger partial charge in [-0.3, -0.25) is 14.5 Å². The summed E-state index contributed by atoms with van der Waals surface area (Å²) in [5.41, 5.74) is 4.02. The maximum Gasteiger partial charge on any atom is 0.278 e. The lowest BCUT2D eigenvalue weighted by Gasteiger charge is -2.15. The van der Waals surface area contributed by atoms with Crippen molar-refractivity contribution in [2.75, 3.05) is 39.8 Å². The van der Waals surface area contributed by atoms with E-state index in [9.17, 15) is 9.59 Å². The second-order valence-electron chi connectivity index (χ2n) is 7.37. The van der Waals surface area contributed by atoms with E-state index in [1.165, 1.54) is 12.0 Å². The molecule has 0 saturated heterocycles. The first-order chi connectivity index (χ1) is 14.9. The predicted molar refractivity (Wildman–Crippen MR) is 119 cm³/mol. The van der Waals surface area contributed by atoms with Crippen LogP contribution < -0.4 is 14.8 Å². The van der Waals surface area contributed by atoms with Crippen LogP contribution in [-0.4, -0.2) is 51.2 Å². The van der Waals surface area contributed by atoms with E-state index in [-0.39, 0.29) is 24.1 Å². The Morgan fingerprint density at radius 3 is 2.29 bits per heavy atom. The van der Waals surface area contributed by atoms with E-state index < -0.39 is 0 Å². The normalized spacial score (nSPS) is 13.8. The van der Waals surface area contributed by atoms with Crippen LogP contribution in [0.25, 0.3) is 5.57 Å². The van der Waals surface area contributed by atoms with Gasteiger partial charge in [0, 0.05) is 25.9 Å². The van der Waals surface area contributed by atoms with Gasteiger partial charge in [-0.1, -0.05) is 23.8 Å². The van der Waals surface area contributed by atoms with Gasteiger partial charge in [-0.25, -0.2) is 0 Å². The second-order valence-corrected chi connectivity index (χ2v) is 7.37. The highest BCUT2D eigenvalue weighted by Crippen LogP contribution is 2.36. The minimum absolute atomic E-state index is 0.251. The zero-order chi connectivity index (χ0) is 22.5. The third-order valence-corrected chi connectivity index (χ3v) is 5.21. The van der Waals surface area contributed by atoms with Crippen molar-refractivity contribution in [3.63, 3.8) is 0 Å². The standard InChI is InChI=1S/C24H28N2O5/c1-15-7-9-18(16(2)13-15)25-22-21(17-8-10-19(30-4)20(14-17)31-5)23(27)26(24(22)28)11-6-12-29-3/h7-10,13-14,25H,6,11-12H2,1-5H3. The van der Waals surface area contributed by atoms with Gasteiger partial charge in [0.25, 0.3) is 11.8 Å². The van der Waals surface area contributed by atoms with Crippen LogP contribution in [0.2, 0.25) is 0 Å². The third kappa shape index (κ3) is 4.56. The molecule has 2 aromatic rings. The van der Waals surface area contributed by atoms with Gasteiger partial charge in [-0.2, -0.15) is 0 Å². The lowest BCUT2D eigenvalue weighted by Crippen LogP contribution is -2.34. The van der Waals surface area contributed by atoms with Gasteiger partial charge in [0.1, 0.15) is 5.70 Å². The van der Waals surface area contributed by atoms with E-state index in [4.69, 9.17) is 14.2 Å². The highest BCUT2D eigenvalue weighted by molar-refractivity contribution is 6.36. The molecule has 1 aliphatic rings. The fraction of sp³-hybridized carbons (Fsp3) is 0.333. The number of ether oxygens (including phenoxy) is 3. The number of carbonyl (C=O) groups is 2. The largest absolute Gasteiger partial charge is 0.493 e. The average Bonchev–Trinajstić information content (AvgIpc) is 2.99. The first kappa shape index (κ1) is 22.4. The maximum absolute atomic E-state index is 13.3. The summed E-state index contributed by atoms with van der Waals surface area (Å²) in [6, 6.07) is 11.1. The Kier molecular flexibility index (Phi) is 6.97.